The van der Waals surface area contributed by atoms with E-state index in [2.05, 4.69) is 10.0 Å². The zero-order chi connectivity index (χ0) is 17.7. The van der Waals surface area contributed by atoms with Crippen molar-refractivity contribution >= 4 is 21.6 Å². The van der Waals surface area contributed by atoms with Gasteiger partial charge in [0.05, 0.1) is 4.90 Å². The van der Waals surface area contributed by atoms with Crippen molar-refractivity contribution in [3.05, 3.63) is 59.2 Å². The van der Waals surface area contributed by atoms with Crippen molar-refractivity contribution in [3.8, 4) is 0 Å². The van der Waals surface area contributed by atoms with Gasteiger partial charge in [0.25, 0.3) is 5.91 Å². The molecule has 128 valence electrons. The molecule has 1 amide bonds. The van der Waals surface area contributed by atoms with Crippen LogP contribution in [0.3, 0.4) is 0 Å². The Morgan fingerprint density at radius 2 is 1.58 bits per heavy atom. The summed E-state index contributed by atoms with van der Waals surface area (Å²) in [6.45, 7) is 6.21. The minimum absolute atomic E-state index is 0.152. The Hall–Kier alpha value is -2.18. The van der Waals surface area contributed by atoms with Crippen molar-refractivity contribution < 1.29 is 13.2 Å². The smallest absolute Gasteiger partial charge is 0.255 e. The van der Waals surface area contributed by atoms with Gasteiger partial charge in [0, 0.05) is 17.8 Å². The van der Waals surface area contributed by atoms with Crippen LogP contribution in [0.4, 0.5) is 5.69 Å². The zero-order valence-electron chi connectivity index (χ0n) is 14.1. The molecule has 2 aromatic carbocycles. The van der Waals surface area contributed by atoms with Crippen molar-refractivity contribution in [2.45, 2.75) is 32.1 Å². The summed E-state index contributed by atoms with van der Waals surface area (Å²) in [5.41, 5.74) is 3.25. The lowest BCUT2D eigenvalue weighted by Crippen LogP contribution is -2.24. The Morgan fingerprint density at radius 1 is 1.00 bits per heavy atom. The van der Waals surface area contributed by atoms with E-state index in [1.807, 2.05) is 39.0 Å². The SMILES string of the molecule is CCCNS(=O)(=O)c1ccc(C(=O)Nc2cc(C)cc(C)c2)cc1. The molecule has 0 fully saturated rings. The quantitative estimate of drug-likeness (QED) is 0.843. The Morgan fingerprint density at radius 3 is 2.12 bits per heavy atom. The van der Waals surface area contributed by atoms with Crippen molar-refractivity contribution in [1.29, 1.82) is 0 Å². The van der Waals surface area contributed by atoms with Crippen LogP contribution in [0.25, 0.3) is 0 Å². The van der Waals surface area contributed by atoms with Gasteiger partial charge in [-0.05, 0) is 67.8 Å². The van der Waals surface area contributed by atoms with Crippen LogP contribution in [0.2, 0.25) is 0 Å². The van der Waals surface area contributed by atoms with Crippen LogP contribution in [0.1, 0.15) is 34.8 Å². The summed E-state index contributed by atoms with van der Waals surface area (Å²) < 4.78 is 26.6. The summed E-state index contributed by atoms with van der Waals surface area (Å²) in [5, 5.41) is 2.83. The molecule has 6 heteroatoms. The van der Waals surface area contributed by atoms with Gasteiger partial charge >= 0.3 is 0 Å². The first-order chi connectivity index (χ1) is 11.3. The lowest BCUT2D eigenvalue weighted by atomic mass is 10.1. The van der Waals surface area contributed by atoms with Crippen molar-refractivity contribution in [3.63, 3.8) is 0 Å². The van der Waals surface area contributed by atoms with Gasteiger partial charge in [0.1, 0.15) is 0 Å². The number of hydrogen-bond acceptors (Lipinski definition) is 3. The summed E-state index contributed by atoms with van der Waals surface area (Å²) in [4.78, 5) is 12.4. The molecule has 0 bridgehead atoms. The van der Waals surface area contributed by atoms with Crippen LogP contribution in [-0.4, -0.2) is 20.9 Å². The molecule has 0 radical (unpaired) electrons. The Labute approximate surface area is 143 Å². The molecule has 0 saturated carbocycles. The fraction of sp³-hybridized carbons (Fsp3) is 0.278. The molecule has 2 rings (SSSR count). The molecular formula is C18H22N2O3S. The third kappa shape index (κ3) is 4.66. The highest BCUT2D eigenvalue weighted by Gasteiger charge is 2.14. The maximum absolute atomic E-state index is 12.3. The average molecular weight is 346 g/mol. The Balaban J connectivity index is 2.14. The summed E-state index contributed by atoms with van der Waals surface area (Å²) in [6, 6.07) is 11.7. The molecule has 0 aromatic heterocycles. The van der Waals surface area contributed by atoms with Gasteiger partial charge in [-0.2, -0.15) is 0 Å². The topological polar surface area (TPSA) is 75.3 Å². The molecule has 0 aliphatic carbocycles. The number of amides is 1. The monoisotopic (exact) mass is 346 g/mol. The molecule has 0 heterocycles. The molecule has 24 heavy (non-hydrogen) atoms. The summed E-state index contributed by atoms with van der Waals surface area (Å²) in [7, 11) is -3.52. The van der Waals surface area contributed by atoms with E-state index >= 15 is 0 Å². The lowest BCUT2D eigenvalue weighted by Gasteiger charge is -2.09. The van der Waals surface area contributed by atoms with Gasteiger partial charge in [-0.25, -0.2) is 13.1 Å². The van der Waals surface area contributed by atoms with Crippen LogP contribution in [0.15, 0.2) is 47.4 Å². The van der Waals surface area contributed by atoms with E-state index in [0.717, 1.165) is 23.2 Å². The molecular weight excluding hydrogens is 324 g/mol. The highest BCUT2D eigenvalue weighted by Crippen LogP contribution is 2.16. The standard InChI is InChI=1S/C18H22N2O3S/c1-4-9-19-24(22,23)17-7-5-15(6-8-17)18(21)20-16-11-13(2)10-14(3)12-16/h5-8,10-12,19H,4,9H2,1-3H3,(H,20,21). The first-order valence-electron chi connectivity index (χ1n) is 7.81. The molecule has 0 spiro atoms. The fourth-order valence-corrected chi connectivity index (χ4v) is 3.49. The van der Waals surface area contributed by atoms with E-state index in [1.54, 1.807) is 0 Å². The van der Waals surface area contributed by atoms with Crippen LogP contribution < -0.4 is 10.0 Å². The normalized spacial score (nSPS) is 11.3. The van der Waals surface area contributed by atoms with Gasteiger partial charge in [-0.15, -0.1) is 0 Å². The number of hydrogen-bond donors (Lipinski definition) is 2. The maximum atomic E-state index is 12.3. The predicted molar refractivity (Wildman–Crippen MR) is 95.8 cm³/mol. The number of carbonyl (C=O) groups excluding carboxylic acids is 1. The molecule has 0 saturated heterocycles. The van der Waals surface area contributed by atoms with Crippen LogP contribution in [0, 0.1) is 13.8 Å². The number of sulfonamides is 1. The molecule has 2 N–H and O–H groups in total. The van der Waals surface area contributed by atoms with Gasteiger partial charge in [-0.1, -0.05) is 13.0 Å². The van der Waals surface area contributed by atoms with Gasteiger partial charge in [-0.3, -0.25) is 4.79 Å². The predicted octanol–water partition coefficient (Wildman–Crippen LogP) is 3.24. The Bertz CT molecular complexity index is 808. The summed E-state index contributed by atoms with van der Waals surface area (Å²) in [6.07, 6.45) is 0.718. The van der Waals surface area contributed by atoms with E-state index in [-0.39, 0.29) is 10.8 Å². The average Bonchev–Trinajstić information content (AvgIpc) is 2.52. The largest absolute Gasteiger partial charge is 0.322 e. The molecule has 2 aromatic rings. The van der Waals surface area contributed by atoms with Gasteiger partial charge in [0.2, 0.25) is 10.0 Å². The Kier molecular flexibility index (Phi) is 5.75. The van der Waals surface area contributed by atoms with Crippen LogP contribution in [-0.2, 0) is 10.0 Å². The number of benzene rings is 2. The van der Waals surface area contributed by atoms with E-state index in [4.69, 9.17) is 0 Å². The second-order valence-electron chi connectivity index (χ2n) is 5.75. The molecule has 5 nitrogen and oxygen atoms in total. The van der Waals surface area contributed by atoms with E-state index in [9.17, 15) is 13.2 Å². The minimum Gasteiger partial charge on any atom is -0.322 e. The van der Waals surface area contributed by atoms with E-state index in [0.29, 0.717) is 12.1 Å². The second kappa shape index (κ2) is 7.59. The number of carbonyl (C=O) groups is 1. The van der Waals surface area contributed by atoms with Crippen LogP contribution in [0.5, 0.6) is 0 Å². The van der Waals surface area contributed by atoms with E-state index in [1.165, 1.54) is 24.3 Å². The van der Waals surface area contributed by atoms with E-state index < -0.39 is 10.0 Å². The summed E-state index contributed by atoms with van der Waals surface area (Å²) in [5.74, 6) is -0.273. The van der Waals surface area contributed by atoms with Crippen molar-refractivity contribution in [2.75, 3.05) is 11.9 Å². The third-order valence-electron chi connectivity index (χ3n) is 3.45. The molecule has 0 aliphatic heterocycles. The van der Waals surface area contributed by atoms with Gasteiger partial charge < -0.3 is 5.32 Å². The van der Waals surface area contributed by atoms with Crippen molar-refractivity contribution in [2.24, 2.45) is 0 Å². The fourth-order valence-electron chi connectivity index (χ4n) is 2.36. The highest BCUT2D eigenvalue weighted by atomic mass is 32.2. The maximum Gasteiger partial charge on any atom is 0.255 e. The molecule has 0 unspecified atom stereocenters. The number of nitrogens with one attached hydrogen (secondary N) is 2. The molecule has 0 aliphatic rings. The zero-order valence-corrected chi connectivity index (χ0v) is 14.9. The first-order valence-corrected chi connectivity index (χ1v) is 9.29. The van der Waals surface area contributed by atoms with Gasteiger partial charge in [0.15, 0.2) is 0 Å². The highest BCUT2D eigenvalue weighted by molar-refractivity contribution is 7.89. The second-order valence-corrected chi connectivity index (χ2v) is 7.52. The van der Waals surface area contributed by atoms with Crippen molar-refractivity contribution in [1.82, 2.24) is 4.72 Å². The number of anilines is 1. The number of rotatable bonds is 6. The number of aryl methyl sites for hydroxylation is 2. The third-order valence-corrected chi connectivity index (χ3v) is 4.93. The molecule has 0 atom stereocenters. The first kappa shape index (κ1) is 18.2. The minimum atomic E-state index is -3.52. The summed E-state index contributed by atoms with van der Waals surface area (Å²) >= 11 is 0. The van der Waals surface area contributed by atoms with Crippen LogP contribution >= 0.6 is 0 Å². The lowest BCUT2D eigenvalue weighted by molar-refractivity contribution is 0.102.